The number of esters is 1. The minimum absolute atomic E-state index is 0. The molecule has 0 saturated carbocycles. The highest BCUT2D eigenvalue weighted by atomic mass is 35.5. The van der Waals surface area contributed by atoms with E-state index in [-0.39, 0.29) is 42.2 Å². The van der Waals surface area contributed by atoms with Crippen molar-refractivity contribution in [2.75, 3.05) is 20.3 Å². The predicted octanol–water partition coefficient (Wildman–Crippen LogP) is 4.79. The fourth-order valence-corrected chi connectivity index (χ4v) is 4.24. The summed E-state index contributed by atoms with van der Waals surface area (Å²) in [6.07, 6.45) is 2.97. The van der Waals surface area contributed by atoms with E-state index < -0.39 is 18.1 Å². The summed E-state index contributed by atoms with van der Waals surface area (Å²) in [5.41, 5.74) is 8.40. The lowest BCUT2D eigenvalue weighted by Gasteiger charge is -2.29. The van der Waals surface area contributed by atoms with Crippen molar-refractivity contribution in [3.05, 3.63) is 29.3 Å². The molecule has 0 spiro atoms. The maximum atomic E-state index is 12.3. The Hall–Kier alpha value is -1.83. The van der Waals surface area contributed by atoms with Gasteiger partial charge < -0.3 is 25.6 Å². The summed E-state index contributed by atoms with van der Waals surface area (Å²) in [7, 11) is 1.34. The Bertz CT molecular complexity index is 825. The number of rotatable bonds is 15. The van der Waals surface area contributed by atoms with E-state index in [1.165, 1.54) is 7.11 Å². The van der Waals surface area contributed by atoms with Crippen LogP contribution in [0.15, 0.2) is 18.2 Å². The topological polar surface area (TPSA) is 111 Å². The molecule has 0 radical (unpaired) electrons. The molecular weight excluding hydrogens is 492 g/mol. The number of hydrogen-bond donors (Lipinski definition) is 3. The largest absolute Gasteiger partial charge is 0.482 e. The summed E-state index contributed by atoms with van der Waals surface area (Å²) < 4.78 is 10.6. The van der Waals surface area contributed by atoms with E-state index >= 15 is 0 Å². The highest BCUT2D eigenvalue weighted by molar-refractivity contribution is 5.85. The maximum Gasteiger partial charge on any atom is 0.343 e. The summed E-state index contributed by atoms with van der Waals surface area (Å²) in [5.74, 6) is 0.513. The maximum absolute atomic E-state index is 12.3. The van der Waals surface area contributed by atoms with Crippen molar-refractivity contribution in [2.24, 2.45) is 23.5 Å². The van der Waals surface area contributed by atoms with Gasteiger partial charge in [0.15, 0.2) is 6.61 Å². The van der Waals surface area contributed by atoms with Crippen LogP contribution < -0.4 is 15.8 Å². The Morgan fingerprint density at radius 3 is 2.32 bits per heavy atom. The Morgan fingerprint density at radius 1 is 1.14 bits per heavy atom. The minimum Gasteiger partial charge on any atom is -0.482 e. The highest BCUT2D eigenvalue weighted by Gasteiger charge is 2.27. The van der Waals surface area contributed by atoms with Crippen molar-refractivity contribution in [1.82, 2.24) is 5.32 Å². The third-order valence-electron chi connectivity index (χ3n) is 6.81. The minimum atomic E-state index is -0.750. The highest BCUT2D eigenvalue weighted by Crippen LogP contribution is 2.34. The van der Waals surface area contributed by atoms with Crippen LogP contribution in [-0.4, -0.2) is 49.4 Å². The van der Waals surface area contributed by atoms with Crippen LogP contribution >= 0.6 is 12.4 Å². The first kappa shape index (κ1) is 35.2. The summed E-state index contributed by atoms with van der Waals surface area (Å²) in [6, 6.07) is 5.74. The molecule has 0 bridgehead atoms. The second kappa shape index (κ2) is 16.9. The number of nitrogens with two attached hydrogens (primary N) is 1. The summed E-state index contributed by atoms with van der Waals surface area (Å²) in [5, 5.41) is 13.7. The van der Waals surface area contributed by atoms with Crippen LogP contribution in [0, 0.1) is 17.8 Å². The number of unbranched alkanes of at least 4 members (excludes halogenated alkanes) is 1. The van der Waals surface area contributed by atoms with Gasteiger partial charge in [0.1, 0.15) is 5.75 Å². The van der Waals surface area contributed by atoms with Crippen molar-refractivity contribution < 1.29 is 24.2 Å². The van der Waals surface area contributed by atoms with Gasteiger partial charge in [0.2, 0.25) is 5.91 Å². The molecule has 0 saturated heterocycles. The van der Waals surface area contributed by atoms with Gasteiger partial charge in [-0.1, -0.05) is 67.0 Å². The monoisotopic (exact) mass is 542 g/mol. The Balaban J connectivity index is 0.0000130. The molecule has 8 heteroatoms. The van der Waals surface area contributed by atoms with E-state index in [1.807, 2.05) is 13.0 Å². The van der Waals surface area contributed by atoms with E-state index in [0.29, 0.717) is 31.1 Å². The second-order valence-corrected chi connectivity index (χ2v) is 11.4. The molecule has 0 aliphatic carbocycles. The van der Waals surface area contributed by atoms with Crippen molar-refractivity contribution in [2.45, 2.75) is 98.1 Å². The van der Waals surface area contributed by atoms with E-state index in [4.69, 9.17) is 15.2 Å². The average Bonchev–Trinajstić information content (AvgIpc) is 2.81. The van der Waals surface area contributed by atoms with Gasteiger partial charge in [0.05, 0.1) is 13.2 Å². The van der Waals surface area contributed by atoms with Gasteiger partial charge in [0, 0.05) is 18.5 Å². The van der Waals surface area contributed by atoms with Crippen LogP contribution in [0.4, 0.5) is 0 Å². The standard InChI is InChI=1S/C29H50N2O5.ClH/c1-9-10-13-31-28(34)20(4)14-25(32)24(30)17-22(19(2)3)15-21-11-12-23(29(5,6)7)26(16-21)36-18-27(33)35-8;/h11-12,16,19-20,22,24-25,32H,9-10,13-15,17-18,30H2,1-8H3,(H,31,34);1H/t20-,22+,24+,25+;/m1./s1. The normalized spacial score (nSPS) is 14.8. The molecule has 1 rings (SSSR count). The van der Waals surface area contributed by atoms with E-state index in [1.54, 1.807) is 0 Å². The first-order valence-corrected chi connectivity index (χ1v) is 13.3. The number of amides is 1. The zero-order chi connectivity index (χ0) is 27.5. The van der Waals surface area contributed by atoms with Crippen molar-refractivity contribution >= 4 is 24.3 Å². The molecule has 1 aromatic rings. The molecule has 7 nitrogen and oxygen atoms in total. The molecule has 0 fully saturated rings. The number of aliphatic hydroxyl groups is 1. The number of benzene rings is 1. The molecule has 0 aliphatic rings. The van der Waals surface area contributed by atoms with E-state index in [2.05, 4.69) is 59.0 Å². The SMILES string of the molecule is CCCCNC(=O)[C@H](C)C[C@H](O)[C@@H](N)C[C@H](Cc1ccc(C(C)(C)C)c(OCC(=O)OC)c1)C(C)C.Cl. The van der Waals surface area contributed by atoms with Crippen LogP contribution in [-0.2, 0) is 26.2 Å². The summed E-state index contributed by atoms with van der Waals surface area (Å²) in [6.45, 7) is 15.1. The first-order valence-electron chi connectivity index (χ1n) is 13.3. The molecule has 0 heterocycles. The number of methoxy groups -OCH3 is 1. The fraction of sp³-hybridized carbons (Fsp3) is 0.724. The quantitative estimate of drug-likeness (QED) is 0.217. The molecule has 4 atom stereocenters. The van der Waals surface area contributed by atoms with Crippen LogP contribution in [0.3, 0.4) is 0 Å². The molecule has 1 aromatic carbocycles. The van der Waals surface area contributed by atoms with Gasteiger partial charge in [-0.15, -0.1) is 12.4 Å². The smallest absolute Gasteiger partial charge is 0.343 e. The third-order valence-corrected chi connectivity index (χ3v) is 6.81. The lowest BCUT2D eigenvalue weighted by Crippen LogP contribution is -2.41. The molecule has 0 aliphatic heterocycles. The molecule has 4 N–H and O–H groups in total. The zero-order valence-electron chi connectivity index (χ0n) is 24.1. The predicted molar refractivity (Wildman–Crippen MR) is 152 cm³/mol. The lowest BCUT2D eigenvalue weighted by molar-refractivity contribution is -0.143. The molecule has 0 unspecified atom stereocenters. The van der Waals surface area contributed by atoms with Gasteiger partial charge in [-0.3, -0.25) is 4.79 Å². The number of halogens is 1. The molecule has 0 aromatic heterocycles. The van der Waals surface area contributed by atoms with Gasteiger partial charge in [-0.2, -0.15) is 0 Å². The summed E-state index contributed by atoms with van der Waals surface area (Å²) >= 11 is 0. The van der Waals surface area contributed by atoms with Crippen molar-refractivity contribution in [3.63, 3.8) is 0 Å². The van der Waals surface area contributed by atoms with Gasteiger partial charge in [-0.25, -0.2) is 4.79 Å². The number of ether oxygens (including phenoxy) is 2. The lowest BCUT2D eigenvalue weighted by atomic mass is 9.81. The zero-order valence-corrected chi connectivity index (χ0v) is 25.0. The Morgan fingerprint density at radius 2 is 1.78 bits per heavy atom. The average molecular weight is 543 g/mol. The molecular formula is C29H51ClN2O5. The van der Waals surface area contributed by atoms with Crippen LogP contribution in [0.5, 0.6) is 5.75 Å². The van der Waals surface area contributed by atoms with E-state index in [9.17, 15) is 14.7 Å². The fourth-order valence-electron chi connectivity index (χ4n) is 4.24. The van der Waals surface area contributed by atoms with Gasteiger partial charge >= 0.3 is 5.97 Å². The van der Waals surface area contributed by atoms with Crippen LogP contribution in [0.25, 0.3) is 0 Å². The van der Waals surface area contributed by atoms with Gasteiger partial charge in [-0.05, 0) is 60.1 Å². The number of carbonyl (C=O) groups is 2. The number of carbonyl (C=O) groups excluding carboxylic acids is 2. The van der Waals surface area contributed by atoms with E-state index in [0.717, 1.165) is 30.4 Å². The molecule has 1 amide bonds. The van der Waals surface area contributed by atoms with Crippen LogP contribution in [0.2, 0.25) is 0 Å². The van der Waals surface area contributed by atoms with Crippen molar-refractivity contribution in [3.8, 4) is 5.75 Å². The molecule has 214 valence electrons. The Kier molecular flexibility index (Phi) is 16.1. The number of aliphatic hydroxyl groups excluding tert-OH is 1. The third kappa shape index (κ3) is 12.5. The van der Waals surface area contributed by atoms with Crippen LogP contribution in [0.1, 0.15) is 85.3 Å². The number of nitrogens with one attached hydrogen (secondary N) is 1. The van der Waals surface area contributed by atoms with Gasteiger partial charge in [0.25, 0.3) is 0 Å². The summed E-state index contributed by atoms with van der Waals surface area (Å²) in [4.78, 5) is 23.9. The number of hydrogen-bond acceptors (Lipinski definition) is 6. The second-order valence-electron chi connectivity index (χ2n) is 11.4. The molecule has 37 heavy (non-hydrogen) atoms. The first-order chi connectivity index (χ1) is 16.8. The van der Waals surface area contributed by atoms with Crippen molar-refractivity contribution in [1.29, 1.82) is 0 Å². The Labute approximate surface area is 230 Å².